The van der Waals surface area contributed by atoms with Crippen LogP contribution in [0.15, 0.2) is 59.5 Å². The molecule has 0 spiro atoms. The molecular weight excluding hydrogens is 355 g/mol. The van der Waals surface area contributed by atoms with E-state index in [1.54, 1.807) is 31.2 Å². The molecule has 2 aromatic carbocycles. The van der Waals surface area contributed by atoms with Crippen LogP contribution in [0.25, 0.3) is 10.9 Å². The second-order valence-corrected chi connectivity index (χ2v) is 6.89. The number of hydrogen-bond donors (Lipinski definition) is 0. The number of rotatable bonds is 3. The minimum Gasteiger partial charge on any atom is -0.377 e. The van der Waals surface area contributed by atoms with Gasteiger partial charge in [-0.1, -0.05) is 18.2 Å². The first-order chi connectivity index (χ1) is 11.7. The molecule has 8 heteroatoms. The zero-order valence-electron chi connectivity index (χ0n) is 12.9. The van der Waals surface area contributed by atoms with Crippen LogP contribution < -0.4 is 4.18 Å². The van der Waals surface area contributed by atoms with Gasteiger partial charge in [0.25, 0.3) is 0 Å². The topological polar surface area (TPSA) is 56.3 Å². The van der Waals surface area contributed by atoms with Gasteiger partial charge in [-0.15, -0.1) is 0 Å². The Morgan fingerprint density at radius 2 is 1.64 bits per heavy atom. The molecule has 0 amide bonds. The van der Waals surface area contributed by atoms with Gasteiger partial charge in [0, 0.05) is 11.1 Å². The van der Waals surface area contributed by atoms with Crippen molar-refractivity contribution in [1.29, 1.82) is 0 Å². The van der Waals surface area contributed by atoms with Crippen LogP contribution in [0.3, 0.4) is 0 Å². The van der Waals surface area contributed by atoms with Gasteiger partial charge in [-0.25, -0.2) is 4.98 Å². The molecule has 0 aliphatic rings. The summed E-state index contributed by atoms with van der Waals surface area (Å²) in [6.07, 6.45) is -4.54. The van der Waals surface area contributed by atoms with Gasteiger partial charge in [-0.05, 0) is 43.3 Å². The predicted octanol–water partition coefficient (Wildman–Crippen LogP) is 4.33. The molecule has 0 saturated carbocycles. The van der Waals surface area contributed by atoms with Gasteiger partial charge < -0.3 is 4.18 Å². The summed E-state index contributed by atoms with van der Waals surface area (Å²) < 4.78 is 67.6. The largest absolute Gasteiger partial charge is 0.416 e. The van der Waals surface area contributed by atoms with Gasteiger partial charge >= 0.3 is 16.3 Å². The summed E-state index contributed by atoms with van der Waals surface area (Å²) in [5.74, 6) is 0.0149. The summed E-state index contributed by atoms with van der Waals surface area (Å²) in [5.41, 5.74) is 0.0994. The molecule has 25 heavy (non-hydrogen) atoms. The van der Waals surface area contributed by atoms with Crippen LogP contribution in [0.4, 0.5) is 13.2 Å². The van der Waals surface area contributed by atoms with Crippen molar-refractivity contribution in [2.24, 2.45) is 0 Å². The molecule has 0 aliphatic heterocycles. The molecule has 4 nitrogen and oxygen atoms in total. The summed E-state index contributed by atoms with van der Waals surface area (Å²) in [7, 11) is -4.29. The number of fused-ring (bicyclic) bond motifs is 1. The molecule has 0 radical (unpaired) electrons. The highest BCUT2D eigenvalue weighted by Crippen LogP contribution is 2.31. The van der Waals surface area contributed by atoms with Crippen molar-refractivity contribution in [3.63, 3.8) is 0 Å². The number of nitrogens with zero attached hydrogens (tertiary/aromatic N) is 1. The Morgan fingerprint density at radius 3 is 2.28 bits per heavy atom. The highest BCUT2D eigenvalue weighted by molar-refractivity contribution is 7.87. The van der Waals surface area contributed by atoms with Crippen LogP contribution in [-0.4, -0.2) is 13.4 Å². The number of aryl methyl sites for hydroxylation is 1. The first-order valence-corrected chi connectivity index (χ1v) is 8.56. The number of alkyl halides is 3. The summed E-state index contributed by atoms with van der Waals surface area (Å²) >= 11 is 0. The van der Waals surface area contributed by atoms with Crippen LogP contribution in [-0.2, 0) is 16.3 Å². The molecule has 0 unspecified atom stereocenters. The lowest BCUT2D eigenvalue weighted by atomic mass is 10.2. The highest BCUT2D eigenvalue weighted by Gasteiger charge is 2.31. The van der Waals surface area contributed by atoms with Crippen LogP contribution in [0.2, 0.25) is 0 Å². The Morgan fingerprint density at radius 1 is 0.960 bits per heavy atom. The monoisotopic (exact) mass is 367 g/mol. The van der Waals surface area contributed by atoms with E-state index in [0.717, 1.165) is 12.1 Å². The second-order valence-electron chi connectivity index (χ2n) is 5.34. The first-order valence-electron chi connectivity index (χ1n) is 7.15. The molecule has 1 heterocycles. The molecule has 0 fully saturated rings. The summed E-state index contributed by atoms with van der Waals surface area (Å²) in [4.78, 5) is 3.89. The van der Waals surface area contributed by atoms with Gasteiger partial charge in [-0.2, -0.15) is 21.6 Å². The van der Waals surface area contributed by atoms with Crippen molar-refractivity contribution in [3.8, 4) is 5.75 Å². The van der Waals surface area contributed by atoms with E-state index in [4.69, 9.17) is 4.18 Å². The molecule has 3 aromatic rings. The van der Waals surface area contributed by atoms with Crippen molar-refractivity contribution < 1.29 is 25.8 Å². The van der Waals surface area contributed by atoms with E-state index in [0.29, 0.717) is 28.7 Å². The normalized spacial score (nSPS) is 12.3. The van der Waals surface area contributed by atoms with Crippen LogP contribution in [0.5, 0.6) is 5.75 Å². The Bertz CT molecular complexity index is 1030. The average Bonchev–Trinajstić information content (AvgIpc) is 2.54. The number of hydrogen-bond acceptors (Lipinski definition) is 4. The van der Waals surface area contributed by atoms with Gasteiger partial charge in [0.15, 0.2) is 5.75 Å². The fraction of sp³-hybridized carbons (Fsp3) is 0.118. The molecule has 0 N–H and O–H groups in total. The number of para-hydroxylation sites is 1. The van der Waals surface area contributed by atoms with Crippen molar-refractivity contribution in [1.82, 2.24) is 4.98 Å². The minimum absolute atomic E-state index is 0.0149. The maximum absolute atomic E-state index is 12.6. The number of halogens is 3. The van der Waals surface area contributed by atoms with Gasteiger partial charge in [0.05, 0.1) is 5.56 Å². The third-order valence-corrected chi connectivity index (χ3v) is 4.74. The van der Waals surface area contributed by atoms with Crippen molar-refractivity contribution in [2.45, 2.75) is 18.0 Å². The number of aromatic nitrogens is 1. The van der Waals surface area contributed by atoms with Gasteiger partial charge in [0.2, 0.25) is 0 Å². The average molecular weight is 367 g/mol. The highest BCUT2D eigenvalue weighted by atomic mass is 32.2. The summed E-state index contributed by atoms with van der Waals surface area (Å²) in [6.45, 7) is 1.75. The van der Waals surface area contributed by atoms with E-state index in [-0.39, 0.29) is 10.6 Å². The lowest BCUT2D eigenvalue weighted by Gasteiger charge is -2.11. The predicted molar refractivity (Wildman–Crippen MR) is 85.7 cm³/mol. The first kappa shape index (κ1) is 17.2. The molecule has 0 atom stereocenters. The van der Waals surface area contributed by atoms with E-state index in [1.165, 1.54) is 6.07 Å². The lowest BCUT2D eigenvalue weighted by Crippen LogP contribution is -2.11. The molecule has 3 rings (SSSR count). The standard InChI is InChI=1S/C17H12F3NO3S/c1-11-5-6-12-3-2-4-15(16(12)21-11)24-25(22,23)14-9-7-13(8-10-14)17(18,19)20/h2-10H,1H3. The third kappa shape index (κ3) is 3.58. The van der Waals surface area contributed by atoms with Gasteiger partial charge in [0.1, 0.15) is 10.4 Å². The van der Waals surface area contributed by atoms with Crippen molar-refractivity contribution in [3.05, 3.63) is 65.9 Å². The Kier molecular flexibility index (Phi) is 4.16. The lowest BCUT2D eigenvalue weighted by molar-refractivity contribution is -0.137. The third-order valence-electron chi connectivity index (χ3n) is 3.49. The van der Waals surface area contributed by atoms with E-state index in [2.05, 4.69) is 4.98 Å². The Balaban J connectivity index is 1.98. The summed E-state index contributed by atoms with van der Waals surface area (Å²) in [5, 5.41) is 0.686. The van der Waals surface area contributed by atoms with Crippen molar-refractivity contribution in [2.75, 3.05) is 0 Å². The number of benzene rings is 2. The second kappa shape index (κ2) is 6.03. The molecular formula is C17H12F3NO3S. The zero-order valence-corrected chi connectivity index (χ0v) is 13.7. The molecule has 0 bridgehead atoms. The van der Waals surface area contributed by atoms with Crippen LogP contribution in [0.1, 0.15) is 11.3 Å². The maximum atomic E-state index is 12.6. The van der Waals surface area contributed by atoms with E-state index < -0.39 is 21.9 Å². The molecule has 0 saturated heterocycles. The maximum Gasteiger partial charge on any atom is 0.416 e. The molecule has 1 aromatic heterocycles. The van der Waals surface area contributed by atoms with Gasteiger partial charge in [-0.3, -0.25) is 0 Å². The van der Waals surface area contributed by atoms with E-state index in [9.17, 15) is 21.6 Å². The minimum atomic E-state index is -4.54. The quantitative estimate of drug-likeness (QED) is 0.647. The molecule has 0 aliphatic carbocycles. The fourth-order valence-corrected chi connectivity index (χ4v) is 3.20. The van der Waals surface area contributed by atoms with Crippen LogP contribution >= 0.6 is 0 Å². The Hall–Kier alpha value is -2.61. The zero-order chi connectivity index (χ0) is 18.2. The summed E-state index contributed by atoms with van der Waals surface area (Å²) in [6, 6.07) is 11.5. The Labute approximate surface area is 142 Å². The SMILES string of the molecule is Cc1ccc2cccc(OS(=O)(=O)c3ccc(C(F)(F)F)cc3)c2n1. The van der Waals surface area contributed by atoms with E-state index in [1.807, 2.05) is 0 Å². The smallest absolute Gasteiger partial charge is 0.377 e. The fourth-order valence-electron chi connectivity index (χ4n) is 2.26. The van der Waals surface area contributed by atoms with Crippen LogP contribution in [0, 0.1) is 6.92 Å². The van der Waals surface area contributed by atoms with Crippen molar-refractivity contribution >= 4 is 21.0 Å². The van der Waals surface area contributed by atoms with E-state index >= 15 is 0 Å². The number of pyridine rings is 1. The molecule has 130 valence electrons.